The number of carbonyl (C=O) groups is 1. The molecule has 0 aliphatic carbocycles. The maximum absolute atomic E-state index is 10.5. The van der Waals surface area contributed by atoms with Crippen molar-refractivity contribution in [1.29, 1.82) is 5.26 Å². The predicted octanol–water partition coefficient (Wildman–Crippen LogP) is 3.49. The first-order chi connectivity index (χ1) is 9.44. The van der Waals surface area contributed by atoms with Crippen LogP contribution in [0.25, 0.3) is 6.08 Å². The fraction of sp³-hybridized carbons (Fsp3) is 0.375. The van der Waals surface area contributed by atoms with Gasteiger partial charge in [-0.15, -0.1) is 0 Å². The molecule has 0 fully saturated rings. The van der Waals surface area contributed by atoms with Crippen LogP contribution in [0.3, 0.4) is 0 Å². The van der Waals surface area contributed by atoms with Crippen LogP contribution in [-0.4, -0.2) is 17.7 Å². The maximum Gasteiger partial charge on any atom is 0.328 e. The van der Waals surface area contributed by atoms with Crippen LogP contribution in [0.4, 0.5) is 0 Å². The molecule has 1 aromatic rings. The molecule has 0 amide bonds. The molecular formula is C16H19NO3. The van der Waals surface area contributed by atoms with Crippen molar-refractivity contribution in [2.45, 2.75) is 26.7 Å². The van der Waals surface area contributed by atoms with Gasteiger partial charge in [-0.1, -0.05) is 18.2 Å². The van der Waals surface area contributed by atoms with Crippen LogP contribution in [0.15, 0.2) is 30.3 Å². The zero-order chi connectivity index (χ0) is 15.0. The SMILES string of the molecule is CC(C)(C#N)CCCOc1ccccc1C=CC(=O)O. The van der Waals surface area contributed by atoms with Gasteiger partial charge in [0.2, 0.25) is 0 Å². The Morgan fingerprint density at radius 2 is 2.15 bits per heavy atom. The first-order valence-electron chi connectivity index (χ1n) is 6.49. The van der Waals surface area contributed by atoms with Crippen LogP contribution < -0.4 is 4.74 Å². The number of nitriles is 1. The average molecular weight is 273 g/mol. The van der Waals surface area contributed by atoms with E-state index in [1.54, 1.807) is 12.1 Å². The molecule has 1 aromatic carbocycles. The van der Waals surface area contributed by atoms with E-state index in [-0.39, 0.29) is 5.41 Å². The molecule has 0 saturated carbocycles. The van der Waals surface area contributed by atoms with Gasteiger partial charge in [0.25, 0.3) is 0 Å². The summed E-state index contributed by atoms with van der Waals surface area (Å²) in [6.07, 6.45) is 4.13. The van der Waals surface area contributed by atoms with E-state index in [0.717, 1.165) is 24.5 Å². The summed E-state index contributed by atoms with van der Waals surface area (Å²) in [7, 11) is 0. The van der Waals surface area contributed by atoms with Crippen LogP contribution in [0, 0.1) is 16.7 Å². The van der Waals surface area contributed by atoms with Gasteiger partial charge in [-0.3, -0.25) is 0 Å². The number of ether oxygens (including phenoxy) is 1. The van der Waals surface area contributed by atoms with E-state index >= 15 is 0 Å². The quantitative estimate of drug-likeness (QED) is 0.609. The highest BCUT2D eigenvalue weighted by Gasteiger charge is 2.15. The molecule has 4 heteroatoms. The molecule has 4 nitrogen and oxygen atoms in total. The van der Waals surface area contributed by atoms with Gasteiger partial charge in [0, 0.05) is 11.6 Å². The number of rotatable bonds is 7. The Kier molecular flexibility index (Phi) is 5.79. The molecule has 106 valence electrons. The number of carboxylic acid groups (broad SMARTS) is 1. The zero-order valence-electron chi connectivity index (χ0n) is 11.8. The summed E-state index contributed by atoms with van der Waals surface area (Å²) < 4.78 is 5.66. The Labute approximate surface area is 119 Å². The molecular weight excluding hydrogens is 254 g/mol. The first-order valence-corrected chi connectivity index (χ1v) is 6.49. The second-order valence-corrected chi connectivity index (χ2v) is 5.16. The number of aliphatic carboxylic acids is 1. The minimum Gasteiger partial charge on any atom is -0.493 e. The van der Waals surface area contributed by atoms with Crippen LogP contribution in [0.2, 0.25) is 0 Å². The summed E-state index contributed by atoms with van der Waals surface area (Å²) >= 11 is 0. The lowest BCUT2D eigenvalue weighted by Crippen LogP contribution is -2.10. The van der Waals surface area contributed by atoms with Gasteiger partial charge in [0.15, 0.2) is 0 Å². The summed E-state index contributed by atoms with van der Waals surface area (Å²) in [4.78, 5) is 10.5. The Balaban J connectivity index is 2.56. The molecule has 0 aromatic heterocycles. The molecule has 0 bridgehead atoms. The van der Waals surface area contributed by atoms with E-state index in [4.69, 9.17) is 15.1 Å². The van der Waals surface area contributed by atoms with Crippen molar-refractivity contribution in [3.8, 4) is 11.8 Å². The molecule has 0 heterocycles. The lowest BCUT2D eigenvalue weighted by atomic mass is 9.90. The highest BCUT2D eigenvalue weighted by molar-refractivity contribution is 5.85. The van der Waals surface area contributed by atoms with Gasteiger partial charge < -0.3 is 9.84 Å². The summed E-state index contributed by atoms with van der Waals surface area (Å²) in [5.41, 5.74) is 0.390. The van der Waals surface area contributed by atoms with Gasteiger partial charge in [0.1, 0.15) is 5.75 Å². The van der Waals surface area contributed by atoms with Crippen LogP contribution in [0.5, 0.6) is 5.75 Å². The van der Waals surface area contributed by atoms with Crippen LogP contribution in [-0.2, 0) is 4.79 Å². The number of carboxylic acids is 1. The minimum absolute atomic E-state index is 0.341. The van der Waals surface area contributed by atoms with E-state index in [1.165, 1.54) is 6.08 Å². The zero-order valence-corrected chi connectivity index (χ0v) is 11.8. The summed E-state index contributed by atoms with van der Waals surface area (Å²) in [5, 5.41) is 17.6. The van der Waals surface area contributed by atoms with Crippen LogP contribution >= 0.6 is 0 Å². The van der Waals surface area contributed by atoms with Crippen molar-refractivity contribution in [3.63, 3.8) is 0 Å². The van der Waals surface area contributed by atoms with E-state index in [9.17, 15) is 4.79 Å². The monoisotopic (exact) mass is 273 g/mol. The smallest absolute Gasteiger partial charge is 0.328 e. The second kappa shape index (κ2) is 7.34. The first kappa shape index (κ1) is 15.8. The molecule has 0 atom stereocenters. The van der Waals surface area contributed by atoms with Crippen molar-refractivity contribution >= 4 is 12.0 Å². The molecule has 0 unspecified atom stereocenters. The maximum atomic E-state index is 10.5. The Bertz CT molecular complexity index is 527. The fourth-order valence-electron chi connectivity index (χ4n) is 1.66. The largest absolute Gasteiger partial charge is 0.493 e. The number of hydrogen-bond acceptors (Lipinski definition) is 3. The molecule has 20 heavy (non-hydrogen) atoms. The summed E-state index contributed by atoms with van der Waals surface area (Å²) in [6, 6.07) is 9.52. The van der Waals surface area contributed by atoms with Gasteiger partial charge in [0.05, 0.1) is 18.1 Å². The molecule has 0 aliphatic rings. The van der Waals surface area contributed by atoms with Gasteiger partial charge >= 0.3 is 5.97 Å². The van der Waals surface area contributed by atoms with Gasteiger partial charge in [-0.25, -0.2) is 4.79 Å². The Hall–Kier alpha value is -2.28. The van der Waals surface area contributed by atoms with Crippen LogP contribution in [0.1, 0.15) is 32.3 Å². The third kappa shape index (κ3) is 5.57. The summed E-state index contributed by atoms with van der Waals surface area (Å²) in [6.45, 7) is 4.30. The fourth-order valence-corrected chi connectivity index (χ4v) is 1.66. The van der Waals surface area contributed by atoms with Crippen molar-refractivity contribution in [2.75, 3.05) is 6.61 Å². The van der Waals surface area contributed by atoms with Crippen molar-refractivity contribution in [1.82, 2.24) is 0 Å². The van der Waals surface area contributed by atoms with E-state index < -0.39 is 5.97 Å². The van der Waals surface area contributed by atoms with E-state index in [0.29, 0.717) is 12.4 Å². The van der Waals surface area contributed by atoms with Gasteiger partial charge in [-0.05, 0) is 38.8 Å². The Morgan fingerprint density at radius 3 is 2.80 bits per heavy atom. The Morgan fingerprint density at radius 1 is 1.45 bits per heavy atom. The predicted molar refractivity (Wildman–Crippen MR) is 77.2 cm³/mol. The highest BCUT2D eigenvalue weighted by Crippen LogP contribution is 2.23. The van der Waals surface area contributed by atoms with Gasteiger partial charge in [-0.2, -0.15) is 5.26 Å². The van der Waals surface area contributed by atoms with Crippen molar-refractivity contribution < 1.29 is 14.6 Å². The highest BCUT2D eigenvalue weighted by atomic mass is 16.5. The van der Waals surface area contributed by atoms with Crippen molar-refractivity contribution in [2.24, 2.45) is 5.41 Å². The number of hydrogen-bond donors (Lipinski definition) is 1. The van der Waals surface area contributed by atoms with E-state index in [2.05, 4.69) is 6.07 Å². The third-order valence-corrected chi connectivity index (χ3v) is 2.83. The molecule has 0 spiro atoms. The molecule has 1 N–H and O–H groups in total. The molecule has 0 aliphatic heterocycles. The summed E-state index contributed by atoms with van der Waals surface area (Å²) in [5.74, 6) is -0.338. The molecule has 1 rings (SSSR count). The lowest BCUT2D eigenvalue weighted by molar-refractivity contribution is -0.131. The average Bonchev–Trinajstić information content (AvgIpc) is 2.42. The number of para-hydroxylation sites is 1. The van der Waals surface area contributed by atoms with Crippen molar-refractivity contribution in [3.05, 3.63) is 35.9 Å². The minimum atomic E-state index is -0.990. The standard InChI is InChI=1S/C16H19NO3/c1-16(2,12-17)10-5-11-20-14-7-4-3-6-13(14)8-9-15(18)19/h3-4,6-9H,5,10-11H2,1-2H3,(H,18,19). The lowest BCUT2D eigenvalue weighted by Gasteiger charge is -2.15. The number of nitrogens with zero attached hydrogens (tertiary/aromatic N) is 1. The molecule has 0 saturated heterocycles. The normalized spacial score (nSPS) is 11.2. The number of benzene rings is 1. The van der Waals surface area contributed by atoms with E-state index in [1.807, 2.05) is 26.0 Å². The molecule has 0 radical (unpaired) electrons. The second-order valence-electron chi connectivity index (χ2n) is 5.16. The third-order valence-electron chi connectivity index (χ3n) is 2.83. The topological polar surface area (TPSA) is 70.3 Å².